The lowest BCUT2D eigenvalue weighted by Gasteiger charge is -2.33. The second kappa shape index (κ2) is 11.3. The van der Waals surface area contributed by atoms with Gasteiger partial charge in [0.15, 0.2) is 0 Å². The summed E-state index contributed by atoms with van der Waals surface area (Å²) in [6.45, 7) is 26.2. The molecule has 0 spiro atoms. The first kappa shape index (κ1) is 31.9. The van der Waals surface area contributed by atoms with Gasteiger partial charge < -0.3 is 10.6 Å². The minimum absolute atomic E-state index is 0.0625. The Morgan fingerprint density at radius 2 is 0.750 bits per heavy atom. The van der Waals surface area contributed by atoms with Gasteiger partial charge in [-0.1, -0.05) is 108 Å². The van der Waals surface area contributed by atoms with E-state index in [9.17, 15) is 9.59 Å². The maximum atomic E-state index is 13.7. The molecule has 0 aromatic heterocycles. The average molecular weight is 547 g/mol. The van der Waals surface area contributed by atoms with Crippen LogP contribution in [-0.2, 0) is 21.7 Å². The molecule has 2 N–H and O–H groups in total. The summed E-state index contributed by atoms with van der Waals surface area (Å²) in [5.74, 6) is -0.125. The van der Waals surface area contributed by atoms with Gasteiger partial charge in [0.2, 0.25) is 0 Å². The van der Waals surface area contributed by atoms with Gasteiger partial charge in [0.1, 0.15) is 0 Å². The predicted octanol–water partition coefficient (Wildman–Crippen LogP) is 8.35. The molecule has 0 unspecified atom stereocenters. The Balaban J connectivity index is 1.87. The maximum absolute atomic E-state index is 13.7. The number of carbonyl (C=O) groups excluding carboxylic acids is 2. The third kappa shape index (κ3) is 7.98. The Morgan fingerprint density at radius 1 is 0.500 bits per heavy atom. The van der Waals surface area contributed by atoms with Crippen LogP contribution in [0.5, 0.6) is 0 Å². The second-order valence-electron chi connectivity index (χ2n) is 16.0. The van der Waals surface area contributed by atoms with Gasteiger partial charge in [-0.25, -0.2) is 0 Å². The third-order valence-electron chi connectivity index (χ3n) is 8.25. The monoisotopic (exact) mass is 546 g/mol. The zero-order valence-corrected chi connectivity index (χ0v) is 27.3. The van der Waals surface area contributed by atoms with Gasteiger partial charge in [-0.2, -0.15) is 0 Å². The van der Waals surface area contributed by atoms with Crippen molar-refractivity contribution < 1.29 is 9.59 Å². The molecular formula is C36H54N2O2. The fraction of sp³-hybridized carbons (Fsp3) is 0.611. The summed E-state index contributed by atoms with van der Waals surface area (Å²) in [5.41, 5.74) is 5.77. The molecule has 4 heteroatoms. The summed E-state index contributed by atoms with van der Waals surface area (Å²) in [5, 5.41) is 6.63. The third-order valence-corrected chi connectivity index (χ3v) is 8.25. The molecule has 2 aromatic carbocycles. The van der Waals surface area contributed by atoms with Crippen molar-refractivity contribution in [3.8, 4) is 0 Å². The van der Waals surface area contributed by atoms with Crippen molar-refractivity contribution in [1.29, 1.82) is 0 Å². The number of hydrogen-bond donors (Lipinski definition) is 2. The number of nitrogens with one attached hydrogen (secondary N) is 2. The Bertz CT molecular complexity index is 1070. The highest BCUT2D eigenvalue weighted by Crippen LogP contribution is 2.32. The zero-order valence-electron chi connectivity index (χ0n) is 27.3. The lowest BCUT2D eigenvalue weighted by atomic mass is 9.79. The molecule has 2 aromatic rings. The predicted molar refractivity (Wildman–Crippen MR) is 169 cm³/mol. The average Bonchev–Trinajstić information content (AvgIpc) is 2.82. The van der Waals surface area contributed by atoms with Crippen LogP contribution in [0.25, 0.3) is 0 Å². The van der Waals surface area contributed by atoms with Gasteiger partial charge in [-0.05, 0) is 81.0 Å². The van der Waals surface area contributed by atoms with Gasteiger partial charge in [-0.15, -0.1) is 0 Å². The standard InChI is InChI=1S/C36H54N2O2/c1-33(2,3)25-17-23(18-26(21-25)34(4,5)6)31(39)37-29-15-13-14-16-30(29)38-32(40)24-19-27(35(7,8)9)22-28(20-24)36(10,11)12/h17-22,29-30H,13-16H2,1-12H3,(H,37,39)(H,38,40)/t29-,30-/m0/s1. The van der Waals surface area contributed by atoms with Gasteiger partial charge >= 0.3 is 0 Å². The van der Waals surface area contributed by atoms with Crippen molar-refractivity contribution in [2.75, 3.05) is 0 Å². The molecule has 4 nitrogen and oxygen atoms in total. The van der Waals surface area contributed by atoms with Crippen LogP contribution in [0.4, 0.5) is 0 Å². The number of carbonyl (C=O) groups is 2. The Labute approximate surface area is 244 Å². The molecule has 220 valence electrons. The minimum Gasteiger partial charge on any atom is -0.347 e. The second-order valence-corrected chi connectivity index (χ2v) is 16.0. The van der Waals surface area contributed by atoms with Crippen molar-refractivity contribution in [2.45, 2.75) is 143 Å². The van der Waals surface area contributed by atoms with Crippen LogP contribution in [-0.4, -0.2) is 23.9 Å². The van der Waals surface area contributed by atoms with E-state index in [0.717, 1.165) is 47.9 Å². The summed E-state index contributed by atoms with van der Waals surface area (Å²) >= 11 is 0. The highest BCUT2D eigenvalue weighted by molar-refractivity contribution is 5.96. The molecule has 3 rings (SSSR count). The smallest absolute Gasteiger partial charge is 0.251 e. The van der Waals surface area contributed by atoms with Crippen molar-refractivity contribution in [1.82, 2.24) is 10.6 Å². The summed E-state index contributed by atoms with van der Waals surface area (Å²) < 4.78 is 0. The largest absolute Gasteiger partial charge is 0.347 e. The van der Waals surface area contributed by atoms with Crippen LogP contribution >= 0.6 is 0 Å². The van der Waals surface area contributed by atoms with Crippen LogP contribution in [0.1, 0.15) is 152 Å². The van der Waals surface area contributed by atoms with E-state index in [2.05, 4.69) is 106 Å². The lowest BCUT2D eigenvalue weighted by Crippen LogP contribution is -2.53. The first-order valence-electron chi connectivity index (χ1n) is 15.1. The van der Waals surface area contributed by atoms with Crippen LogP contribution in [0.3, 0.4) is 0 Å². The van der Waals surface area contributed by atoms with Crippen molar-refractivity contribution >= 4 is 11.8 Å². The molecular weight excluding hydrogens is 492 g/mol. The Hall–Kier alpha value is -2.62. The van der Waals surface area contributed by atoms with E-state index in [0.29, 0.717) is 11.1 Å². The normalized spacial score (nSPS) is 18.8. The number of amides is 2. The van der Waals surface area contributed by atoms with E-state index in [-0.39, 0.29) is 45.6 Å². The van der Waals surface area contributed by atoms with E-state index in [1.807, 2.05) is 24.3 Å². The fourth-order valence-corrected chi connectivity index (χ4v) is 5.23. The summed E-state index contributed by atoms with van der Waals surface area (Å²) in [4.78, 5) is 27.3. The quantitative estimate of drug-likeness (QED) is 0.405. The van der Waals surface area contributed by atoms with E-state index in [4.69, 9.17) is 0 Å². The van der Waals surface area contributed by atoms with Gasteiger partial charge in [-0.3, -0.25) is 9.59 Å². The molecule has 2 atom stereocenters. The van der Waals surface area contributed by atoms with Gasteiger partial charge in [0, 0.05) is 23.2 Å². The summed E-state index contributed by atoms with van der Waals surface area (Å²) in [7, 11) is 0. The van der Waals surface area contributed by atoms with E-state index < -0.39 is 0 Å². The molecule has 0 heterocycles. The molecule has 40 heavy (non-hydrogen) atoms. The van der Waals surface area contributed by atoms with E-state index in [1.165, 1.54) is 0 Å². The molecule has 0 radical (unpaired) electrons. The lowest BCUT2D eigenvalue weighted by molar-refractivity contribution is 0.0862. The highest BCUT2D eigenvalue weighted by Gasteiger charge is 2.30. The molecule has 1 aliphatic rings. The molecule has 0 aliphatic heterocycles. The van der Waals surface area contributed by atoms with Crippen molar-refractivity contribution in [2.24, 2.45) is 0 Å². The fourth-order valence-electron chi connectivity index (χ4n) is 5.23. The molecule has 0 saturated heterocycles. The first-order valence-corrected chi connectivity index (χ1v) is 15.1. The van der Waals surface area contributed by atoms with E-state index in [1.54, 1.807) is 0 Å². The molecule has 1 aliphatic carbocycles. The van der Waals surface area contributed by atoms with Gasteiger partial charge in [0.25, 0.3) is 11.8 Å². The van der Waals surface area contributed by atoms with Crippen molar-refractivity contribution in [3.05, 3.63) is 69.8 Å². The van der Waals surface area contributed by atoms with Crippen LogP contribution in [0.15, 0.2) is 36.4 Å². The number of rotatable bonds is 4. The summed E-state index contributed by atoms with van der Waals surface area (Å²) in [6.07, 6.45) is 3.80. The molecule has 2 amide bonds. The van der Waals surface area contributed by atoms with Crippen LogP contribution in [0.2, 0.25) is 0 Å². The maximum Gasteiger partial charge on any atom is 0.251 e. The van der Waals surface area contributed by atoms with Crippen molar-refractivity contribution in [3.63, 3.8) is 0 Å². The molecule has 0 bridgehead atoms. The zero-order chi connectivity index (χ0) is 30.3. The number of benzene rings is 2. The van der Waals surface area contributed by atoms with Crippen LogP contribution < -0.4 is 10.6 Å². The Morgan fingerprint density at radius 3 is 0.975 bits per heavy atom. The molecule has 1 fully saturated rings. The minimum atomic E-state index is -0.102. The molecule has 1 saturated carbocycles. The topological polar surface area (TPSA) is 58.2 Å². The first-order chi connectivity index (χ1) is 18.2. The highest BCUT2D eigenvalue weighted by atomic mass is 16.2. The van der Waals surface area contributed by atoms with Crippen LogP contribution in [0, 0.1) is 0 Å². The van der Waals surface area contributed by atoms with Gasteiger partial charge in [0.05, 0.1) is 0 Å². The SMILES string of the molecule is CC(C)(C)c1cc(C(=O)N[C@H]2CCCC[C@@H]2NC(=O)c2cc(C(C)(C)C)cc(C(C)(C)C)c2)cc(C(C)(C)C)c1. The van der Waals surface area contributed by atoms with E-state index >= 15 is 0 Å². The summed E-state index contributed by atoms with van der Waals surface area (Å²) in [6, 6.07) is 12.4. The number of hydrogen-bond acceptors (Lipinski definition) is 2. The Kier molecular flexibility index (Phi) is 9.04.